The van der Waals surface area contributed by atoms with Gasteiger partial charge in [-0.25, -0.2) is 4.98 Å². The SMILES string of the molecule is C[C@H]1COc2c(NCCCc3ccncc3)c3[nH]cnc3c3c(=O)ccn1c23. The van der Waals surface area contributed by atoms with Crippen LogP contribution in [0.1, 0.15) is 24.9 Å². The van der Waals surface area contributed by atoms with Crippen molar-refractivity contribution >= 4 is 27.6 Å². The van der Waals surface area contributed by atoms with Gasteiger partial charge in [0, 0.05) is 31.2 Å². The van der Waals surface area contributed by atoms with Gasteiger partial charge in [0.05, 0.1) is 28.8 Å². The smallest absolute Gasteiger partial charge is 0.191 e. The highest BCUT2D eigenvalue weighted by Gasteiger charge is 2.26. The molecule has 0 amide bonds. The number of anilines is 1. The maximum absolute atomic E-state index is 12.6. The number of imidazole rings is 1. The summed E-state index contributed by atoms with van der Waals surface area (Å²) in [5.41, 5.74) is 4.43. The highest BCUT2D eigenvalue weighted by atomic mass is 16.5. The number of hydrogen-bond donors (Lipinski definition) is 2. The number of hydrogen-bond acceptors (Lipinski definition) is 5. The Kier molecular flexibility index (Phi) is 4.00. The normalized spacial score (nSPS) is 15.7. The van der Waals surface area contributed by atoms with Gasteiger partial charge in [-0.15, -0.1) is 0 Å². The van der Waals surface area contributed by atoms with Crippen LogP contribution >= 0.6 is 0 Å². The molecule has 1 aromatic carbocycles. The van der Waals surface area contributed by atoms with Crippen LogP contribution in [0.5, 0.6) is 5.75 Å². The Balaban J connectivity index is 1.55. The quantitative estimate of drug-likeness (QED) is 0.523. The first-order valence-electron chi connectivity index (χ1n) is 9.53. The summed E-state index contributed by atoms with van der Waals surface area (Å²) in [5.74, 6) is 0.728. The highest BCUT2D eigenvalue weighted by Crippen LogP contribution is 2.42. The van der Waals surface area contributed by atoms with E-state index < -0.39 is 0 Å². The van der Waals surface area contributed by atoms with Crippen molar-refractivity contribution in [3.8, 4) is 5.75 Å². The first kappa shape index (κ1) is 16.8. The van der Waals surface area contributed by atoms with E-state index in [2.05, 4.69) is 31.8 Å². The van der Waals surface area contributed by atoms with E-state index in [0.717, 1.165) is 41.9 Å². The van der Waals surface area contributed by atoms with Crippen molar-refractivity contribution in [1.82, 2.24) is 19.5 Å². The molecule has 0 radical (unpaired) electrons. The molecule has 142 valence electrons. The molecule has 1 aliphatic rings. The molecule has 0 saturated carbocycles. The van der Waals surface area contributed by atoms with Gasteiger partial charge in [0.15, 0.2) is 11.2 Å². The van der Waals surface area contributed by atoms with Crippen molar-refractivity contribution in [3.05, 3.63) is 58.9 Å². The summed E-state index contributed by atoms with van der Waals surface area (Å²) in [5, 5.41) is 4.14. The van der Waals surface area contributed by atoms with Crippen molar-refractivity contribution in [3.63, 3.8) is 0 Å². The number of nitrogens with zero attached hydrogens (tertiary/aromatic N) is 3. The molecule has 0 unspecified atom stereocenters. The van der Waals surface area contributed by atoms with Crippen LogP contribution in [0, 0.1) is 0 Å². The Morgan fingerprint density at radius 2 is 2.18 bits per heavy atom. The predicted molar refractivity (Wildman–Crippen MR) is 109 cm³/mol. The number of nitrogens with one attached hydrogen (secondary N) is 2. The third-order valence-corrected chi connectivity index (χ3v) is 5.33. The van der Waals surface area contributed by atoms with Crippen LogP contribution in [0.15, 0.2) is 47.9 Å². The largest absolute Gasteiger partial charge is 0.487 e. The topological polar surface area (TPSA) is 84.8 Å². The molecule has 5 rings (SSSR count). The number of benzene rings is 1. The fraction of sp³-hybridized carbons (Fsp3) is 0.286. The molecule has 0 saturated heterocycles. The number of aromatic nitrogens is 4. The number of ether oxygens (including phenoxy) is 1. The molecule has 0 bridgehead atoms. The molecule has 28 heavy (non-hydrogen) atoms. The second-order valence-electron chi connectivity index (χ2n) is 7.19. The molecule has 0 aliphatic carbocycles. The molecule has 7 nitrogen and oxygen atoms in total. The highest BCUT2D eigenvalue weighted by molar-refractivity contribution is 6.12. The average Bonchev–Trinajstić information content (AvgIpc) is 3.20. The van der Waals surface area contributed by atoms with Crippen LogP contribution in [-0.4, -0.2) is 32.7 Å². The maximum Gasteiger partial charge on any atom is 0.191 e. The third-order valence-electron chi connectivity index (χ3n) is 5.33. The van der Waals surface area contributed by atoms with E-state index in [-0.39, 0.29) is 11.5 Å². The minimum absolute atomic E-state index is 0.0356. The molecule has 1 aliphatic heterocycles. The first-order chi connectivity index (χ1) is 13.7. The summed E-state index contributed by atoms with van der Waals surface area (Å²) >= 11 is 0. The van der Waals surface area contributed by atoms with Gasteiger partial charge in [-0.2, -0.15) is 0 Å². The fourth-order valence-electron chi connectivity index (χ4n) is 3.93. The Morgan fingerprint density at radius 3 is 3.04 bits per heavy atom. The van der Waals surface area contributed by atoms with Crippen molar-refractivity contribution in [2.75, 3.05) is 18.5 Å². The Hall–Kier alpha value is -3.35. The van der Waals surface area contributed by atoms with Gasteiger partial charge in [-0.3, -0.25) is 9.78 Å². The third kappa shape index (κ3) is 2.62. The second kappa shape index (κ2) is 6.67. The van der Waals surface area contributed by atoms with E-state index in [1.54, 1.807) is 12.4 Å². The molecular formula is C21H21N5O2. The summed E-state index contributed by atoms with van der Waals surface area (Å²) in [6.45, 7) is 3.44. The van der Waals surface area contributed by atoms with Crippen LogP contribution in [-0.2, 0) is 6.42 Å². The second-order valence-corrected chi connectivity index (χ2v) is 7.19. The van der Waals surface area contributed by atoms with Gasteiger partial charge >= 0.3 is 0 Å². The summed E-state index contributed by atoms with van der Waals surface area (Å²) in [7, 11) is 0. The summed E-state index contributed by atoms with van der Waals surface area (Å²) in [6.07, 6.45) is 9.06. The molecule has 4 heterocycles. The van der Waals surface area contributed by atoms with E-state index in [1.807, 2.05) is 30.7 Å². The molecule has 2 N–H and O–H groups in total. The molecule has 3 aromatic heterocycles. The number of fused-ring (bicyclic) bond motifs is 2. The summed E-state index contributed by atoms with van der Waals surface area (Å²) in [6, 6.07) is 5.85. The zero-order chi connectivity index (χ0) is 19.1. The van der Waals surface area contributed by atoms with Crippen molar-refractivity contribution in [1.29, 1.82) is 0 Å². The van der Waals surface area contributed by atoms with Gasteiger partial charge in [0.25, 0.3) is 0 Å². The number of H-pyrrole nitrogens is 1. The van der Waals surface area contributed by atoms with Crippen LogP contribution in [0.3, 0.4) is 0 Å². The first-order valence-corrected chi connectivity index (χ1v) is 9.53. The number of aryl methyl sites for hydroxylation is 1. The molecule has 0 fully saturated rings. The van der Waals surface area contributed by atoms with Crippen LogP contribution < -0.4 is 15.5 Å². The molecular weight excluding hydrogens is 354 g/mol. The van der Waals surface area contributed by atoms with Gasteiger partial charge in [0.2, 0.25) is 0 Å². The van der Waals surface area contributed by atoms with E-state index in [1.165, 1.54) is 5.56 Å². The molecule has 1 atom stereocenters. The van der Waals surface area contributed by atoms with E-state index >= 15 is 0 Å². The Bertz CT molecular complexity index is 1210. The zero-order valence-corrected chi connectivity index (χ0v) is 15.6. The number of aromatic amines is 1. The predicted octanol–water partition coefficient (Wildman–Crippen LogP) is 3.27. The van der Waals surface area contributed by atoms with Crippen molar-refractivity contribution in [2.45, 2.75) is 25.8 Å². The fourth-order valence-corrected chi connectivity index (χ4v) is 3.93. The molecule has 7 heteroatoms. The van der Waals surface area contributed by atoms with Crippen molar-refractivity contribution < 1.29 is 4.74 Å². The summed E-state index contributed by atoms with van der Waals surface area (Å²) < 4.78 is 8.23. The lowest BCUT2D eigenvalue weighted by Gasteiger charge is -2.28. The number of rotatable bonds is 5. The zero-order valence-electron chi connectivity index (χ0n) is 15.6. The Morgan fingerprint density at radius 1 is 1.32 bits per heavy atom. The minimum atomic E-state index is -0.0356. The minimum Gasteiger partial charge on any atom is -0.487 e. The van der Waals surface area contributed by atoms with Gasteiger partial charge in [0.1, 0.15) is 17.8 Å². The maximum atomic E-state index is 12.6. The van der Waals surface area contributed by atoms with Gasteiger partial charge in [-0.1, -0.05) is 0 Å². The van der Waals surface area contributed by atoms with Gasteiger partial charge < -0.3 is 19.6 Å². The lowest BCUT2D eigenvalue weighted by Crippen LogP contribution is -2.23. The van der Waals surface area contributed by atoms with Gasteiger partial charge in [-0.05, 0) is 37.5 Å². The molecule has 0 spiro atoms. The van der Waals surface area contributed by atoms with Crippen LogP contribution in [0.4, 0.5) is 5.69 Å². The monoisotopic (exact) mass is 375 g/mol. The van der Waals surface area contributed by atoms with E-state index in [0.29, 0.717) is 17.5 Å². The average molecular weight is 375 g/mol. The van der Waals surface area contributed by atoms with E-state index in [4.69, 9.17) is 4.74 Å². The van der Waals surface area contributed by atoms with Crippen molar-refractivity contribution in [2.24, 2.45) is 0 Å². The molecule has 4 aromatic rings. The standard InChI is InChI=1S/C21H21N5O2/c1-13-11-28-21-19(23-7-2-3-14-4-8-22-9-5-14)18-17(24-12-25-18)16-15(27)6-10-26(13)20(16)21/h4-6,8-10,12-13,23H,2-3,7,11H2,1H3,(H,24,25)/t13-/m0/s1. The lowest BCUT2D eigenvalue weighted by atomic mass is 10.1. The van der Waals surface area contributed by atoms with Crippen LogP contribution in [0.25, 0.3) is 21.9 Å². The Labute approximate surface area is 161 Å². The van der Waals surface area contributed by atoms with Crippen LogP contribution in [0.2, 0.25) is 0 Å². The summed E-state index contributed by atoms with van der Waals surface area (Å²) in [4.78, 5) is 24.3. The lowest BCUT2D eigenvalue weighted by molar-refractivity contribution is 0.248. The number of pyridine rings is 2. The van der Waals surface area contributed by atoms with E-state index in [9.17, 15) is 4.79 Å².